The minimum atomic E-state index is -0.951. The number of amides is 1. The number of hydrogen-bond donors (Lipinski definition) is 4. The molecule has 0 aromatic heterocycles. The smallest absolute Gasteiger partial charge is 0.251 e. The number of benzene rings is 2. The van der Waals surface area contributed by atoms with E-state index in [-0.39, 0.29) is 23.5 Å². The molecule has 2 aromatic rings. The predicted octanol–water partition coefficient (Wildman–Crippen LogP) is 3.20. The molecule has 0 fully saturated rings. The number of guanidine groups is 1. The lowest BCUT2D eigenvalue weighted by atomic mass is 9.86. The van der Waals surface area contributed by atoms with Gasteiger partial charge >= 0.3 is 0 Å². The molecule has 3 unspecified atom stereocenters. The first-order chi connectivity index (χ1) is 18.5. The van der Waals surface area contributed by atoms with E-state index in [2.05, 4.69) is 19.2 Å². The van der Waals surface area contributed by atoms with Gasteiger partial charge < -0.3 is 35.6 Å². The Balaban J connectivity index is 1.47. The number of carbonyl (C=O) groups is 1. The van der Waals surface area contributed by atoms with E-state index in [0.29, 0.717) is 24.2 Å². The number of carbonyl (C=O) groups excluding carboxylic acids is 1. The summed E-state index contributed by atoms with van der Waals surface area (Å²) in [6.45, 7) is 7.73. The van der Waals surface area contributed by atoms with Crippen LogP contribution in [0.15, 0.2) is 47.5 Å². The van der Waals surface area contributed by atoms with Crippen LogP contribution >= 0.6 is 0 Å². The molecule has 1 aliphatic carbocycles. The molecule has 0 spiro atoms. The Labute approximate surface area is 230 Å². The summed E-state index contributed by atoms with van der Waals surface area (Å²) >= 11 is 0. The van der Waals surface area contributed by atoms with E-state index in [1.165, 1.54) is 0 Å². The number of hydrogen-bond acceptors (Lipinski definition) is 8. The Morgan fingerprint density at radius 3 is 2.56 bits per heavy atom. The van der Waals surface area contributed by atoms with Gasteiger partial charge in [0.2, 0.25) is 0 Å². The van der Waals surface area contributed by atoms with Crippen LogP contribution in [-0.2, 0) is 11.2 Å². The van der Waals surface area contributed by atoms with E-state index in [0.717, 1.165) is 29.5 Å². The quantitative estimate of drug-likeness (QED) is 0.446. The third-order valence-electron chi connectivity index (χ3n) is 8.86. The molecule has 5 N–H and O–H groups in total. The van der Waals surface area contributed by atoms with E-state index < -0.39 is 30.0 Å². The maximum absolute atomic E-state index is 13.6. The third-order valence-corrected chi connectivity index (χ3v) is 8.86. The van der Waals surface area contributed by atoms with Gasteiger partial charge in [0, 0.05) is 31.1 Å². The second-order valence-corrected chi connectivity index (χ2v) is 11.5. The number of nitrogens with zero attached hydrogens (tertiary/aromatic N) is 2. The van der Waals surface area contributed by atoms with Gasteiger partial charge in [-0.1, -0.05) is 38.1 Å². The zero-order valence-corrected chi connectivity index (χ0v) is 23.3. The second kappa shape index (κ2) is 10.1. The van der Waals surface area contributed by atoms with Gasteiger partial charge in [0.15, 0.2) is 5.96 Å². The van der Waals surface area contributed by atoms with Gasteiger partial charge in [-0.3, -0.25) is 4.79 Å². The lowest BCUT2D eigenvalue weighted by Crippen LogP contribution is -2.56. The highest BCUT2D eigenvalue weighted by atomic mass is 16.5. The van der Waals surface area contributed by atoms with Crippen LogP contribution in [0.3, 0.4) is 0 Å². The molecule has 1 amide bonds. The first kappa shape index (κ1) is 27.4. The van der Waals surface area contributed by atoms with Gasteiger partial charge in [-0.05, 0) is 56.0 Å². The van der Waals surface area contributed by atoms with Crippen molar-refractivity contribution >= 4 is 11.9 Å². The van der Waals surface area contributed by atoms with Crippen molar-refractivity contribution in [3.63, 3.8) is 0 Å². The summed E-state index contributed by atoms with van der Waals surface area (Å²) in [5.41, 5.74) is 8.31. The van der Waals surface area contributed by atoms with Crippen molar-refractivity contribution in [2.75, 3.05) is 7.11 Å². The number of methoxy groups -OCH3 is 1. The Morgan fingerprint density at radius 2 is 1.90 bits per heavy atom. The van der Waals surface area contributed by atoms with Gasteiger partial charge in [0.25, 0.3) is 5.91 Å². The van der Waals surface area contributed by atoms with Crippen LogP contribution in [0, 0.1) is 0 Å². The molecule has 9 nitrogen and oxygen atoms in total. The molecule has 3 aliphatic rings. The van der Waals surface area contributed by atoms with Crippen molar-refractivity contribution in [2.24, 2.45) is 10.7 Å². The molecule has 9 heteroatoms. The van der Waals surface area contributed by atoms with Crippen molar-refractivity contribution in [1.82, 2.24) is 10.2 Å². The first-order valence-electron chi connectivity index (χ1n) is 13.8. The predicted molar refractivity (Wildman–Crippen MR) is 148 cm³/mol. The van der Waals surface area contributed by atoms with Crippen LogP contribution in [0.4, 0.5) is 0 Å². The average Bonchev–Trinajstić information content (AvgIpc) is 3.28. The number of fused-ring (bicyclic) bond motifs is 2. The molecule has 39 heavy (non-hydrogen) atoms. The summed E-state index contributed by atoms with van der Waals surface area (Å²) in [6, 6.07) is 12.0. The Morgan fingerprint density at radius 1 is 1.18 bits per heavy atom. The molecule has 0 bridgehead atoms. The summed E-state index contributed by atoms with van der Waals surface area (Å²) in [7, 11) is 1.65. The lowest BCUT2D eigenvalue weighted by molar-refractivity contribution is -0.0627. The minimum absolute atomic E-state index is 0.262. The molecule has 5 atom stereocenters. The van der Waals surface area contributed by atoms with Gasteiger partial charge in [0.05, 0.1) is 23.7 Å². The number of ether oxygens (including phenoxy) is 2. The van der Waals surface area contributed by atoms with Crippen LogP contribution in [0.1, 0.15) is 86.1 Å². The standard InChI is InChI=1S/C30H40N4O5/c1-6-30(7-2)16-23(35)34(28(31)33-30)25-20-14-18(13-12-17(20)15-22(25)38-5)27(37)32-24-19-10-8-9-11-21(19)39-29(3,4)26(24)36/h8-14,22-26,35-36H,6-7,15-16H2,1-5H3,(H2,31,33)(H,32,37)/t22?,23?,24-,25?,26+/m1/s1. The van der Waals surface area contributed by atoms with Gasteiger partial charge in [-0.15, -0.1) is 0 Å². The molecule has 2 aromatic carbocycles. The summed E-state index contributed by atoms with van der Waals surface area (Å²) in [5, 5.41) is 25.4. The Hall–Kier alpha value is -3.14. The molecular formula is C30H40N4O5. The fourth-order valence-corrected chi connectivity index (χ4v) is 6.36. The number of nitrogens with one attached hydrogen (secondary N) is 1. The fourth-order valence-electron chi connectivity index (χ4n) is 6.36. The number of aliphatic hydroxyl groups is 2. The molecule has 0 saturated heterocycles. The van der Waals surface area contributed by atoms with E-state index >= 15 is 0 Å². The maximum Gasteiger partial charge on any atom is 0.251 e. The number of nitrogens with two attached hydrogens (primary N) is 1. The highest BCUT2D eigenvalue weighted by Gasteiger charge is 2.46. The first-order valence-corrected chi connectivity index (χ1v) is 13.8. The normalized spacial score (nSPS) is 28.6. The Kier molecular flexibility index (Phi) is 7.11. The van der Waals surface area contributed by atoms with Crippen LogP contribution < -0.4 is 15.8 Å². The summed E-state index contributed by atoms with van der Waals surface area (Å²) in [6.07, 6.45) is 0.626. The molecule has 2 aliphatic heterocycles. The molecule has 0 saturated carbocycles. The van der Waals surface area contributed by atoms with Crippen molar-refractivity contribution in [3.8, 4) is 5.75 Å². The lowest BCUT2D eigenvalue weighted by Gasteiger charge is -2.45. The fraction of sp³-hybridized carbons (Fsp3) is 0.533. The highest BCUT2D eigenvalue weighted by molar-refractivity contribution is 5.95. The minimum Gasteiger partial charge on any atom is -0.485 e. The average molecular weight is 537 g/mol. The van der Waals surface area contributed by atoms with Crippen LogP contribution in [0.2, 0.25) is 0 Å². The van der Waals surface area contributed by atoms with Crippen LogP contribution in [-0.4, -0.2) is 63.7 Å². The monoisotopic (exact) mass is 536 g/mol. The highest BCUT2D eigenvalue weighted by Crippen LogP contribution is 2.43. The van der Waals surface area contributed by atoms with Crippen molar-refractivity contribution in [3.05, 3.63) is 64.7 Å². The molecule has 2 heterocycles. The zero-order valence-electron chi connectivity index (χ0n) is 23.3. The zero-order chi connectivity index (χ0) is 28.1. The van der Waals surface area contributed by atoms with Crippen molar-refractivity contribution in [1.29, 1.82) is 0 Å². The summed E-state index contributed by atoms with van der Waals surface area (Å²) < 4.78 is 11.8. The third kappa shape index (κ3) is 4.66. The van der Waals surface area contributed by atoms with E-state index in [4.69, 9.17) is 20.2 Å². The summed E-state index contributed by atoms with van der Waals surface area (Å²) in [4.78, 5) is 20.2. The van der Waals surface area contributed by atoms with Gasteiger partial charge in [0.1, 0.15) is 23.7 Å². The topological polar surface area (TPSA) is 130 Å². The van der Waals surface area contributed by atoms with E-state index in [1.807, 2.05) is 36.4 Å². The van der Waals surface area contributed by atoms with Crippen molar-refractivity contribution < 1.29 is 24.5 Å². The number of aliphatic imine (C=N–C) groups is 1. The number of aliphatic hydroxyl groups excluding tert-OH is 2. The van der Waals surface area contributed by atoms with Crippen LogP contribution in [0.25, 0.3) is 0 Å². The SMILES string of the molecule is CCC1(CC)CC(O)N(C2c3cc(C(=O)N[C@@H]4c5ccccc5OC(C)(C)[C@H]4O)ccc3CC2OC)C(N)=N1. The van der Waals surface area contributed by atoms with Gasteiger partial charge in [-0.2, -0.15) is 0 Å². The maximum atomic E-state index is 13.6. The van der Waals surface area contributed by atoms with E-state index in [1.54, 1.807) is 31.9 Å². The molecule has 210 valence electrons. The van der Waals surface area contributed by atoms with Crippen molar-refractivity contribution in [2.45, 2.75) is 95.0 Å². The van der Waals surface area contributed by atoms with E-state index in [9.17, 15) is 15.0 Å². The Bertz CT molecular complexity index is 1270. The summed E-state index contributed by atoms with van der Waals surface area (Å²) in [5.74, 6) is 0.612. The number of para-hydroxylation sites is 1. The molecule has 5 rings (SSSR count). The van der Waals surface area contributed by atoms with Gasteiger partial charge in [-0.25, -0.2) is 4.99 Å². The number of rotatable bonds is 6. The second-order valence-electron chi connectivity index (χ2n) is 11.5. The largest absolute Gasteiger partial charge is 0.485 e. The van der Waals surface area contributed by atoms with Crippen LogP contribution in [0.5, 0.6) is 5.75 Å². The molecular weight excluding hydrogens is 496 g/mol. The molecule has 0 radical (unpaired) electrons.